The zero-order valence-electron chi connectivity index (χ0n) is 14.1. The van der Waals surface area contributed by atoms with E-state index in [4.69, 9.17) is 13.3 Å². The first kappa shape index (κ1) is 18.4. The van der Waals surface area contributed by atoms with Gasteiger partial charge in [0.1, 0.15) is 0 Å². The Kier molecular flexibility index (Phi) is 7.08. The van der Waals surface area contributed by atoms with Crippen molar-refractivity contribution < 1.29 is 18.1 Å². The van der Waals surface area contributed by atoms with Gasteiger partial charge in [0.05, 0.1) is 5.67 Å². The summed E-state index contributed by atoms with van der Waals surface area (Å²) in [6.07, 6.45) is 0.892. The first-order valence-corrected chi connectivity index (χ1v) is 9.11. The highest BCUT2D eigenvalue weighted by Gasteiger charge is 2.49. The van der Waals surface area contributed by atoms with Crippen LogP contribution in [-0.2, 0) is 13.3 Å². The molecule has 2 amide bonds. The number of amides is 2. The summed E-state index contributed by atoms with van der Waals surface area (Å²) in [7, 11) is 5.81. The van der Waals surface area contributed by atoms with E-state index in [1.807, 2.05) is 4.90 Å². The molecule has 124 valence electrons. The third kappa shape index (κ3) is 3.95. The van der Waals surface area contributed by atoms with Crippen LogP contribution in [0.1, 0.15) is 13.3 Å². The molecule has 1 fully saturated rings. The summed E-state index contributed by atoms with van der Waals surface area (Å²) in [5.41, 5.74) is 0.120. The number of hydrogen-bond donors (Lipinski definition) is 0. The lowest BCUT2D eigenvalue weighted by Crippen LogP contribution is -2.65. The smallest absolute Gasteiger partial charge is 0.376 e. The molecule has 0 aromatic heterocycles. The van der Waals surface area contributed by atoms with Crippen molar-refractivity contribution >= 4 is 14.8 Å². The third-order valence-corrected chi connectivity index (χ3v) is 7.35. The predicted molar refractivity (Wildman–Crippen MR) is 83.1 cm³/mol. The highest BCUT2D eigenvalue weighted by Crippen LogP contribution is 2.22. The molecule has 1 aliphatic heterocycles. The van der Waals surface area contributed by atoms with E-state index in [1.54, 1.807) is 40.3 Å². The van der Waals surface area contributed by atoms with Crippen LogP contribution in [0.2, 0.25) is 0 Å². The van der Waals surface area contributed by atoms with Crippen molar-refractivity contribution in [1.82, 2.24) is 14.7 Å². The maximum atomic E-state index is 12.0. The molecule has 0 bridgehead atoms. The molecule has 1 atom stereocenters. The Balaban J connectivity index is 2.72. The van der Waals surface area contributed by atoms with Gasteiger partial charge in [0.2, 0.25) is 0 Å². The lowest BCUT2D eigenvalue weighted by atomic mass is 10.3. The molecule has 0 radical (unpaired) electrons. The van der Waals surface area contributed by atoms with Gasteiger partial charge >= 0.3 is 14.8 Å². The molecule has 1 aliphatic rings. The standard InChI is InChI=1S/C13H29N3O4Si/c1-7-12(21(18-4,19-5)20-6)15-8-10-16(11-9-15)13(17)14(2)3/h12H,7-11H2,1-6H3. The molecular formula is C13H29N3O4Si. The summed E-state index contributed by atoms with van der Waals surface area (Å²) in [4.78, 5) is 17.8. The second-order valence-corrected chi connectivity index (χ2v) is 8.44. The van der Waals surface area contributed by atoms with Crippen LogP contribution in [0.15, 0.2) is 0 Å². The molecule has 1 rings (SSSR count). The average molecular weight is 319 g/mol. The first-order valence-electron chi connectivity index (χ1n) is 7.31. The van der Waals surface area contributed by atoms with Crippen LogP contribution in [0.4, 0.5) is 4.79 Å². The van der Waals surface area contributed by atoms with Crippen LogP contribution in [-0.4, -0.2) is 96.8 Å². The molecule has 0 aliphatic carbocycles. The molecular weight excluding hydrogens is 290 g/mol. The number of piperazine rings is 1. The molecule has 0 saturated carbocycles. The van der Waals surface area contributed by atoms with Crippen molar-refractivity contribution in [1.29, 1.82) is 0 Å². The van der Waals surface area contributed by atoms with Gasteiger partial charge in [-0.15, -0.1) is 0 Å². The van der Waals surface area contributed by atoms with Crippen molar-refractivity contribution in [2.45, 2.75) is 19.0 Å². The predicted octanol–water partition coefficient (Wildman–Crippen LogP) is 0.482. The van der Waals surface area contributed by atoms with E-state index in [1.165, 1.54) is 0 Å². The van der Waals surface area contributed by atoms with Gasteiger partial charge in [0.15, 0.2) is 0 Å². The second-order valence-electron chi connectivity index (χ2n) is 5.34. The lowest BCUT2D eigenvalue weighted by molar-refractivity contribution is 0.0523. The highest BCUT2D eigenvalue weighted by atomic mass is 28.4. The Bertz CT molecular complexity index is 323. The fourth-order valence-electron chi connectivity index (χ4n) is 2.90. The zero-order valence-corrected chi connectivity index (χ0v) is 15.1. The average Bonchev–Trinajstić information content (AvgIpc) is 2.52. The fourth-order valence-corrected chi connectivity index (χ4v) is 5.42. The Morgan fingerprint density at radius 3 is 1.90 bits per heavy atom. The van der Waals surface area contributed by atoms with Gasteiger partial charge in [0.25, 0.3) is 0 Å². The van der Waals surface area contributed by atoms with E-state index in [-0.39, 0.29) is 11.7 Å². The number of urea groups is 1. The number of carbonyl (C=O) groups is 1. The van der Waals surface area contributed by atoms with Crippen LogP contribution >= 0.6 is 0 Å². The highest BCUT2D eigenvalue weighted by molar-refractivity contribution is 6.62. The van der Waals surface area contributed by atoms with Crippen molar-refractivity contribution in [3.63, 3.8) is 0 Å². The number of hydrogen-bond acceptors (Lipinski definition) is 5. The molecule has 1 saturated heterocycles. The number of rotatable bonds is 6. The number of carbonyl (C=O) groups excluding carboxylic acids is 1. The normalized spacial score (nSPS) is 18.7. The van der Waals surface area contributed by atoms with Crippen molar-refractivity contribution in [3.05, 3.63) is 0 Å². The molecule has 0 spiro atoms. The van der Waals surface area contributed by atoms with Gasteiger partial charge in [-0.25, -0.2) is 4.79 Å². The minimum absolute atomic E-state index is 0.0661. The van der Waals surface area contributed by atoms with Crippen LogP contribution in [0, 0.1) is 0 Å². The van der Waals surface area contributed by atoms with Gasteiger partial charge in [-0.1, -0.05) is 6.92 Å². The van der Waals surface area contributed by atoms with Crippen LogP contribution in [0.5, 0.6) is 0 Å². The molecule has 1 unspecified atom stereocenters. The minimum atomic E-state index is -2.69. The lowest BCUT2D eigenvalue weighted by Gasteiger charge is -2.43. The van der Waals surface area contributed by atoms with Gasteiger partial charge in [-0.05, 0) is 6.42 Å². The quantitative estimate of drug-likeness (QED) is 0.667. The van der Waals surface area contributed by atoms with Crippen LogP contribution in [0.25, 0.3) is 0 Å². The maximum absolute atomic E-state index is 12.0. The number of nitrogens with zero attached hydrogens (tertiary/aromatic N) is 3. The molecule has 8 heteroatoms. The first-order chi connectivity index (χ1) is 9.95. The SMILES string of the molecule is CCC(N1CCN(C(=O)N(C)C)CC1)[Si](OC)(OC)OC. The van der Waals surface area contributed by atoms with Crippen LogP contribution < -0.4 is 0 Å². The van der Waals surface area contributed by atoms with Gasteiger partial charge in [0, 0.05) is 61.6 Å². The third-order valence-electron chi connectivity index (χ3n) is 4.06. The Morgan fingerprint density at radius 1 is 1.10 bits per heavy atom. The Labute approximate surface area is 129 Å². The molecule has 1 heterocycles. The van der Waals surface area contributed by atoms with Gasteiger partial charge in [-0.3, -0.25) is 4.90 Å². The monoisotopic (exact) mass is 319 g/mol. The zero-order chi connectivity index (χ0) is 16.0. The Morgan fingerprint density at radius 2 is 1.57 bits per heavy atom. The van der Waals surface area contributed by atoms with E-state index >= 15 is 0 Å². The van der Waals surface area contributed by atoms with E-state index in [9.17, 15) is 4.79 Å². The molecule has 7 nitrogen and oxygen atoms in total. The molecule has 0 aromatic carbocycles. The summed E-state index contributed by atoms with van der Waals surface area (Å²) >= 11 is 0. The van der Waals surface area contributed by atoms with Crippen molar-refractivity contribution in [2.75, 3.05) is 61.6 Å². The second kappa shape index (κ2) is 8.09. The van der Waals surface area contributed by atoms with E-state index in [2.05, 4.69) is 11.8 Å². The summed E-state index contributed by atoms with van der Waals surface area (Å²) in [6.45, 7) is 5.16. The molecule has 0 aromatic rings. The fraction of sp³-hybridized carbons (Fsp3) is 0.923. The van der Waals surface area contributed by atoms with Gasteiger partial charge in [-0.2, -0.15) is 0 Å². The van der Waals surface area contributed by atoms with E-state index in [0.717, 1.165) is 32.6 Å². The summed E-state index contributed by atoms with van der Waals surface area (Å²) in [6, 6.07) is 0.0661. The molecule has 0 N–H and O–H groups in total. The maximum Gasteiger partial charge on any atom is 0.518 e. The van der Waals surface area contributed by atoms with E-state index < -0.39 is 8.80 Å². The summed E-state index contributed by atoms with van der Waals surface area (Å²) < 4.78 is 16.9. The topological polar surface area (TPSA) is 54.5 Å². The van der Waals surface area contributed by atoms with Gasteiger partial charge < -0.3 is 23.1 Å². The van der Waals surface area contributed by atoms with Crippen LogP contribution in [0.3, 0.4) is 0 Å². The summed E-state index contributed by atoms with van der Waals surface area (Å²) in [5, 5.41) is 0. The Hall–Kier alpha value is -0.673. The van der Waals surface area contributed by atoms with Crippen molar-refractivity contribution in [3.8, 4) is 0 Å². The summed E-state index contributed by atoms with van der Waals surface area (Å²) in [5.74, 6) is 0. The van der Waals surface area contributed by atoms with Crippen molar-refractivity contribution in [2.24, 2.45) is 0 Å². The molecule has 21 heavy (non-hydrogen) atoms. The largest absolute Gasteiger partial charge is 0.518 e. The van der Waals surface area contributed by atoms with E-state index in [0.29, 0.717) is 0 Å². The minimum Gasteiger partial charge on any atom is -0.376 e.